The maximum absolute atomic E-state index is 14.0. The third kappa shape index (κ3) is 4.18. The minimum absolute atomic E-state index is 0.0938. The number of nitrogens with one attached hydrogen (secondary N) is 1. The Morgan fingerprint density at radius 2 is 1.63 bits per heavy atom. The summed E-state index contributed by atoms with van der Waals surface area (Å²) in [4.78, 5) is 14.0. The molecule has 5 nitrogen and oxygen atoms in total. The lowest BCUT2D eigenvalue weighted by atomic mass is 9.96. The molecule has 0 unspecified atom stereocenters. The number of aryl methyl sites for hydroxylation is 4. The quantitative estimate of drug-likeness (QED) is 0.260. The summed E-state index contributed by atoms with van der Waals surface area (Å²) in [7, 11) is 1.68. The molecule has 3 aromatic carbocycles. The molecule has 1 N–H and O–H groups in total. The highest BCUT2D eigenvalue weighted by atomic mass is 16.5. The number of methoxy groups -OCH3 is 1. The van der Waals surface area contributed by atoms with Gasteiger partial charge in [0.25, 0.3) is 5.91 Å². The van der Waals surface area contributed by atoms with E-state index < -0.39 is 0 Å². The molecule has 0 fully saturated rings. The Morgan fingerprint density at radius 1 is 0.921 bits per heavy atom. The normalized spacial score (nSPS) is 12.9. The average Bonchev–Trinajstić information content (AvgIpc) is 3.37. The number of nitrogens with zero attached hydrogens (tertiary/aromatic N) is 2. The van der Waals surface area contributed by atoms with E-state index >= 15 is 0 Å². The van der Waals surface area contributed by atoms with Crippen LogP contribution in [0.5, 0.6) is 5.75 Å². The van der Waals surface area contributed by atoms with Gasteiger partial charge < -0.3 is 14.6 Å². The summed E-state index contributed by atoms with van der Waals surface area (Å²) in [5.74, 6) is 0.739. The van der Waals surface area contributed by atoms with Crippen LogP contribution in [0.4, 0.5) is 5.69 Å². The predicted octanol–water partition coefficient (Wildman–Crippen LogP) is 7.54. The molecule has 3 heterocycles. The van der Waals surface area contributed by atoms with E-state index in [0.29, 0.717) is 5.69 Å². The minimum atomic E-state index is -0.0938. The van der Waals surface area contributed by atoms with E-state index in [1.54, 1.807) is 7.11 Å². The molecule has 5 aromatic rings. The van der Waals surface area contributed by atoms with Crippen molar-refractivity contribution in [2.24, 2.45) is 0 Å². The largest absolute Gasteiger partial charge is 0.497 e. The van der Waals surface area contributed by atoms with E-state index in [1.165, 1.54) is 11.1 Å². The van der Waals surface area contributed by atoms with Crippen LogP contribution in [0.1, 0.15) is 46.9 Å². The summed E-state index contributed by atoms with van der Waals surface area (Å²) in [5.41, 5.74) is 10.7. The zero-order chi connectivity index (χ0) is 26.2. The highest BCUT2D eigenvalue weighted by Crippen LogP contribution is 2.40. The van der Waals surface area contributed by atoms with Crippen LogP contribution in [0, 0.1) is 6.92 Å². The predicted molar refractivity (Wildman–Crippen MR) is 154 cm³/mol. The van der Waals surface area contributed by atoms with Crippen LogP contribution < -0.4 is 10.1 Å². The van der Waals surface area contributed by atoms with Crippen LogP contribution in [-0.2, 0) is 19.4 Å². The van der Waals surface area contributed by atoms with Crippen molar-refractivity contribution >= 4 is 17.2 Å². The molecule has 1 amide bonds. The van der Waals surface area contributed by atoms with Crippen molar-refractivity contribution in [2.45, 2.75) is 46.1 Å². The maximum atomic E-state index is 14.0. The van der Waals surface area contributed by atoms with Gasteiger partial charge in [-0.05, 0) is 85.7 Å². The maximum Gasteiger partial charge on any atom is 0.273 e. The number of anilines is 1. The number of hydrogen-bond donors (Lipinski definition) is 1. The summed E-state index contributed by atoms with van der Waals surface area (Å²) in [5, 5.41) is 3.18. The fourth-order valence-electron chi connectivity index (χ4n) is 5.65. The fraction of sp³-hybridized carbons (Fsp3) is 0.242. The first-order valence-electron chi connectivity index (χ1n) is 13.5. The average molecular weight is 504 g/mol. The van der Waals surface area contributed by atoms with Gasteiger partial charge in [-0.1, -0.05) is 48.9 Å². The van der Waals surface area contributed by atoms with Crippen LogP contribution >= 0.6 is 0 Å². The summed E-state index contributed by atoms with van der Waals surface area (Å²) < 4.78 is 9.92. The van der Waals surface area contributed by atoms with E-state index in [1.807, 2.05) is 36.4 Å². The molecule has 0 radical (unpaired) electrons. The van der Waals surface area contributed by atoms with Crippen molar-refractivity contribution in [3.8, 4) is 28.1 Å². The zero-order valence-electron chi connectivity index (χ0n) is 22.3. The number of ether oxygens (including phenoxy) is 1. The Hall–Kier alpha value is -4.25. The molecule has 0 aliphatic carbocycles. The second-order valence-electron chi connectivity index (χ2n) is 10.1. The fourth-order valence-corrected chi connectivity index (χ4v) is 5.65. The Kier molecular flexibility index (Phi) is 6.28. The molecule has 6 rings (SSSR count). The molecule has 0 saturated carbocycles. The molecule has 1 aliphatic heterocycles. The SMILES string of the molecule is CCc1ccc(-c2c3c4n(c(-c5ccc(OC)cc5)cn4c2C(=O)Nc2ccc(C)cc2)CCCC3)cc1. The Bertz CT molecular complexity index is 1600. The number of benzene rings is 3. The minimum Gasteiger partial charge on any atom is -0.497 e. The van der Waals surface area contributed by atoms with Crippen molar-refractivity contribution in [1.29, 1.82) is 0 Å². The zero-order valence-corrected chi connectivity index (χ0v) is 22.3. The third-order valence-electron chi connectivity index (χ3n) is 7.70. The van der Waals surface area contributed by atoms with E-state index in [2.05, 4.69) is 70.7 Å². The van der Waals surface area contributed by atoms with Gasteiger partial charge in [0, 0.05) is 29.6 Å². The third-order valence-corrected chi connectivity index (χ3v) is 7.70. The number of imidazole rings is 1. The van der Waals surface area contributed by atoms with Gasteiger partial charge in [-0.3, -0.25) is 9.20 Å². The first-order chi connectivity index (χ1) is 18.6. The summed E-state index contributed by atoms with van der Waals surface area (Å²) >= 11 is 0. The Balaban J connectivity index is 1.57. The molecule has 5 heteroatoms. The van der Waals surface area contributed by atoms with Gasteiger partial charge in [-0.15, -0.1) is 0 Å². The first kappa shape index (κ1) is 24.1. The molecule has 2 aromatic heterocycles. The highest BCUT2D eigenvalue weighted by Gasteiger charge is 2.29. The van der Waals surface area contributed by atoms with Crippen LogP contribution in [-0.4, -0.2) is 22.0 Å². The van der Waals surface area contributed by atoms with Crippen molar-refractivity contribution in [3.63, 3.8) is 0 Å². The molecule has 192 valence electrons. The number of rotatable bonds is 6. The summed E-state index contributed by atoms with van der Waals surface area (Å²) in [6.07, 6.45) is 6.25. The smallest absolute Gasteiger partial charge is 0.273 e. The van der Waals surface area contributed by atoms with Crippen LogP contribution in [0.25, 0.3) is 28.0 Å². The molecule has 0 atom stereocenters. The van der Waals surface area contributed by atoms with Gasteiger partial charge in [0.2, 0.25) is 0 Å². The van der Waals surface area contributed by atoms with Gasteiger partial charge in [-0.2, -0.15) is 0 Å². The summed E-state index contributed by atoms with van der Waals surface area (Å²) in [6.45, 7) is 5.14. The van der Waals surface area contributed by atoms with E-state index in [0.717, 1.165) is 77.3 Å². The second kappa shape index (κ2) is 9.90. The van der Waals surface area contributed by atoms with Gasteiger partial charge in [0.1, 0.15) is 17.1 Å². The number of amides is 1. The Morgan fingerprint density at radius 3 is 2.32 bits per heavy atom. The Labute approximate surface area is 223 Å². The van der Waals surface area contributed by atoms with Gasteiger partial charge >= 0.3 is 0 Å². The standard InChI is InChI=1S/C33H33N3O2/c1-4-23-10-12-25(13-11-23)30-28-7-5-6-20-35-29(24-14-18-27(38-3)19-15-24)21-36(33(28)35)31(30)32(37)34-26-16-8-22(2)9-17-26/h8-19,21H,4-7,20H2,1-3H3,(H,34,37). The number of carbonyl (C=O) groups excluding carboxylic acids is 1. The van der Waals surface area contributed by atoms with E-state index in [9.17, 15) is 4.79 Å². The molecule has 0 spiro atoms. The van der Waals surface area contributed by atoms with Gasteiger partial charge in [0.05, 0.1) is 12.8 Å². The molecular formula is C33H33N3O2. The van der Waals surface area contributed by atoms with E-state index in [4.69, 9.17) is 4.74 Å². The second-order valence-corrected chi connectivity index (χ2v) is 10.1. The van der Waals surface area contributed by atoms with Crippen molar-refractivity contribution in [1.82, 2.24) is 8.97 Å². The topological polar surface area (TPSA) is 47.7 Å². The first-order valence-corrected chi connectivity index (χ1v) is 13.5. The van der Waals surface area contributed by atoms with E-state index in [-0.39, 0.29) is 5.91 Å². The lowest BCUT2D eigenvalue weighted by Crippen LogP contribution is -2.15. The van der Waals surface area contributed by atoms with Crippen molar-refractivity contribution < 1.29 is 9.53 Å². The van der Waals surface area contributed by atoms with Crippen molar-refractivity contribution in [2.75, 3.05) is 12.4 Å². The summed E-state index contributed by atoms with van der Waals surface area (Å²) in [6, 6.07) is 24.9. The molecule has 0 bridgehead atoms. The molecular weight excluding hydrogens is 470 g/mol. The van der Waals surface area contributed by atoms with Crippen LogP contribution in [0.2, 0.25) is 0 Å². The number of aromatic nitrogens is 2. The molecule has 0 saturated heterocycles. The van der Waals surface area contributed by atoms with Crippen molar-refractivity contribution in [3.05, 3.63) is 101 Å². The lowest BCUT2D eigenvalue weighted by Gasteiger charge is -2.11. The molecule has 1 aliphatic rings. The van der Waals surface area contributed by atoms with Gasteiger partial charge in [-0.25, -0.2) is 0 Å². The monoisotopic (exact) mass is 503 g/mol. The lowest BCUT2D eigenvalue weighted by molar-refractivity contribution is 0.102. The van der Waals surface area contributed by atoms with Crippen LogP contribution in [0.3, 0.4) is 0 Å². The highest BCUT2D eigenvalue weighted by molar-refractivity contribution is 6.10. The number of hydrogen-bond acceptors (Lipinski definition) is 2. The van der Waals surface area contributed by atoms with Crippen LogP contribution in [0.15, 0.2) is 79.0 Å². The molecule has 38 heavy (non-hydrogen) atoms. The number of carbonyl (C=O) groups is 1. The van der Waals surface area contributed by atoms with Gasteiger partial charge in [0.15, 0.2) is 0 Å².